The summed E-state index contributed by atoms with van der Waals surface area (Å²) in [5, 5.41) is 0. The van der Waals surface area contributed by atoms with E-state index in [0.717, 1.165) is 42.0 Å². The molecule has 7 heteroatoms. The van der Waals surface area contributed by atoms with Crippen LogP contribution in [0.3, 0.4) is 0 Å². The molecule has 0 spiro atoms. The molecule has 24 heavy (non-hydrogen) atoms. The summed E-state index contributed by atoms with van der Waals surface area (Å²) in [5.41, 5.74) is 3.88. The molecule has 0 N–H and O–H groups in total. The van der Waals surface area contributed by atoms with Crippen molar-refractivity contribution in [1.29, 1.82) is 0 Å². The van der Waals surface area contributed by atoms with E-state index in [1.54, 1.807) is 0 Å². The highest BCUT2D eigenvalue weighted by molar-refractivity contribution is 7.00. The van der Waals surface area contributed by atoms with E-state index in [2.05, 4.69) is 23.5 Å². The van der Waals surface area contributed by atoms with Gasteiger partial charge >= 0.3 is 0 Å². The molecule has 2 atom stereocenters. The molecule has 0 aliphatic carbocycles. The Hall–Kier alpha value is -2.28. The summed E-state index contributed by atoms with van der Waals surface area (Å²) < 4.78 is 21.9. The topological polar surface area (TPSA) is 45.2 Å². The number of anilines is 2. The van der Waals surface area contributed by atoms with Gasteiger partial charge < -0.3 is 9.80 Å². The summed E-state index contributed by atoms with van der Waals surface area (Å²) in [7, 11) is 0. The number of rotatable bonds is 2. The van der Waals surface area contributed by atoms with Gasteiger partial charge in [-0.15, -0.1) is 0 Å². The van der Waals surface area contributed by atoms with Gasteiger partial charge in [-0.25, -0.2) is 9.37 Å². The summed E-state index contributed by atoms with van der Waals surface area (Å²) in [6, 6.07) is 9.81. The average molecular weight is 341 g/mol. The summed E-state index contributed by atoms with van der Waals surface area (Å²) in [4.78, 5) is 9.13. The molecule has 4 heterocycles. The van der Waals surface area contributed by atoms with Crippen molar-refractivity contribution in [2.75, 3.05) is 22.9 Å². The fraction of sp³-hybridized carbons (Fsp3) is 0.353. The van der Waals surface area contributed by atoms with Crippen LogP contribution in [0.15, 0.2) is 36.5 Å². The Morgan fingerprint density at radius 1 is 1.04 bits per heavy atom. The summed E-state index contributed by atoms with van der Waals surface area (Å²) in [6.45, 7) is 1.99. The van der Waals surface area contributed by atoms with Gasteiger partial charge in [-0.05, 0) is 43.2 Å². The van der Waals surface area contributed by atoms with Crippen molar-refractivity contribution in [3.63, 3.8) is 0 Å². The highest BCUT2D eigenvalue weighted by Crippen LogP contribution is 2.39. The largest absolute Gasteiger partial charge is 0.364 e. The lowest BCUT2D eigenvalue weighted by atomic mass is 9.85. The second-order valence-corrected chi connectivity index (χ2v) is 6.89. The van der Waals surface area contributed by atoms with E-state index in [9.17, 15) is 4.39 Å². The third-order valence-corrected chi connectivity index (χ3v) is 5.66. The van der Waals surface area contributed by atoms with E-state index in [0.29, 0.717) is 12.1 Å². The number of hydrogen-bond acceptors (Lipinski definition) is 6. The monoisotopic (exact) mass is 341 g/mol. The van der Waals surface area contributed by atoms with Crippen molar-refractivity contribution < 1.29 is 4.39 Å². The van der Waals surface area contributed by atoms with Crippen LogP contribution in [-0.4, -0.2) is 38.9 Å². The van der Waals surface area contributed by atoms with Crippen molar-refractivity contribution >= 4 is 34.3 Å². The molecule has 2 aliphatic rings. The van der Waals surface area contributed by atoms with Gasteiger partial charge in [-0.3, -0.25) is 0 Å². The molecular weight excluding hydrogens is 325 g/mol. The average Bonchev–Trinajstić information content (AvgIpc) is 3.06. The smallest absolute Gasteiger partial charge is 0.195 e. The Morgan fingerprint density at radius 2 is 1.92 bits per heavy atom. The van der Waals surface area contributed by atoms with Crippen molar-refractivity contribution in [2.24, 2.45) is 0 Å². The highest BCUT2D eigenvalue weighted by Gasteiger charge is 2.45. The molecule has 0 saturated carbocycles. The molecule has 2 aromatic heterocycles. The standard InChI is InChI=1S/C17H16FN5S/c18-11-3-5-12(6-4-11)23-10-15-13(23)2-1-9-22(15)14-7-8-19-17-16(14)20-24-21-17/h3-8,13,15H,1-2,9-10H2/t13?,15-/m1/s1. The molecule has 0 radical (unpaired) electrons. The van der Waals surface area contributed by atoms with Crippen LogP contribution < -0.4 is 9.80 Å². The second-order valence-electron chi connectivity index (χ2n) is 6.37. The fourth-order valence-electron chi connectivity index (χ4n) is 3.97. The van der Waals surface area contributed by atoms with Crippen LogP contribution in [0.4, 0.5) is 15.8 Å². The fourth-order valence-corrected chi connectivity index (χ4v) is 4.48. The molecule has 2 saturated heterocycles. The SMILES string of the molecule is Fc1ccc(N2C[C@@H]3C2CCCN3c2ccnc3nsnc23)cc1. The zero-order valence-corrected chi connectivity index (χ0v) is 13.8. The van der Waals surface area contributed by atoms with E-state index in [4.69, 9.17) is 0 Å². The number of pyridine rings is 1. The van der Waals surface area contributed by atoms with Gasteiger partial charge in [0.25, 0.3) is 0 Å². The van der Waals surface area contributed by atoms with E-state index >= 15 is 0 Å². The number of piperidine rings is 1. The van der Waals surface area contributed by atoms with Crippen molar-refractivity contribution in [3.05, 3.63) is 42.3 Å². The lowest BCUT2D eigenvalue weighted by molar-refractivity contribution is 0.298. The molecule has 5 rings (SSSR count). The van der Waals surface area contributed by atoms with Gasteiger partial charge in [-0.1, -0.05) is 0 Å². The number of halogens is 1. The Labute approximate surface area is 143 Å². The minimum Gasteiger partial charge on any atom is -0.364 e. The minimum absolute atomic E-state index is 0.184. The number of benzene rings is 1. The maximum Gasteiger partial charge on any atom is 0.195 e. The predicted molar refractivity (Wildman–Crippen MR) is 93.1 cm³/mol. The van der Waals surface area contributed by atoms with Crippen LogP contribution in [-0.2, 0) is 0 Å². The van der Waals surface area contributed by atoms with Crippen LogP contribution in [0.2, 0.25) is 0 Å². The Kier molecular flexibility index (Phi) is 3.16. The van der Waals surface area contributed by atoms with Crippen LogP contribution in [0.1, 0.15) is 12.8 Å². The lowest BCUT2D eigenvalue weighted by Gasteiger charge is -2.57. The first kappa shape index (κ1) is 14.1. The molecule has 3 aromatic rings. The molecule has 0 bridgehead atoms. The van der Waals surface area contributed by atoms with E-state index in [1.807, 2.05) is 24.4 Å². The molecule has 122 valence electrons. The summed E-state index contributed by atoms with van der Waals surface area (Å²) in [6.07, 6.45) is 4.13. The van der Waals surface area contributed by atoms with E-state index in [1.165, 1.54) is 30.3 Å². The Bertz CT molecular complexity index is 880. The van der Waals surface area contributed by atoms with Crippen LogP contribution in [0.5, 0.6) is 0 Å². The first-order chi connectivity index (χ1) is 11.8. The van der Waals surface area contributed by atoms with Gasteiger partial charge in [0.15, 0.2) is 5.65 Å². The molecule has 5 nitrogen and oxygen atoms in total. The normalized spacial score (nSPS) is 23.2. The van der Waals surface area contributed by atoms with E-state index in [-0.39, 0.29) is 5.82 Å². The third-order valence-electron chi connectivity index (χ3n) is 5.14. The zero-order valence-electron chi connectivity index (χ0n) is 13.0. The Morgan fingerprint density at radius 3 is 2.79 bits per heavy atom. The van der Waals surface area contributed by atoms with Gasteiger partial charge in [0, 0.05) is 25.0 Å². The van der Waals surface area contributed by atoms with Crippen molar-refractivity contribution in [2.45, 2.75) is 24.9 Å². The zero-order chi connectivity index (χ0) is 16.1. The van der Waals surface area contributed by atoms with Crippen LogP contribution in [0, 0.1) is 5.82 Å². The molecule has 0 amide bonds. The minimum atomic E-state index is -0.184. The highest BCUT2D eigenvalue weighted by atomic mass is 32.1. The number of aromatic nitrogens is 3. The molecule has 1 aromatic carbocycles. The van der Waals surface area contributed by atoms with Crippen molar-refractivity contribution in [3.8, 4) is 0 Å². The number of nitrogens with zero attached hydrogens (tertiary/aromatic N) is 5. The van der Waals surface area contributed by atoms with Crippen LogP contribution >= 0.6 is 11.7 Å². The van der Waals surface area contributed by atoms with Crippen LogP contribution in [0.25, 0.3) is 11.2 Å². The van der Waals surface area contributed by atoms with Gasteiger partial charge in [0.1, 0.15) is 11.3 Å². The lowest BCUT2D eigenvalue weighted by Crippen LogP contribution is -2.69. The maximum absolute atomic E-state index is 13.2. The molecule has 2 aliphatic heterocycles. The first-order valence-electron chi connectivity index (χ1n) is 8.17. The first-order valence-corrected chi connectivity index (χ1v) is 8.90. The maximum atomic E-state index is 13.2. The molecule has 2 fully saturated rings. The number of fused-ring (bicyclic) bond motifs is 2. The van der Waals surface area contributed by atoms with Crippen molar-refractivity contribution in [1.82, 2.24) is 13.7 Å². The summed E-state index contributed by atoms with van der Waals surface area (Å²) in [5.74, 6) is -0.184. The van der Waals surface area contributed by atoms with Gasteiger partial charge in [0.05, 0.1) is 29.5 Å². The molecule has 1 unspecified atom stereocenters. The summed E-state index contributed by atoms with van der Waals surface area (Å²) >= 11 is 1.21. The predicted octanol–water partition coefficient (Wildman–Crippen LogP) is 3.08. The second kappa shape index (κ2) is 5.37. The Balaban J connectivity index is 1.44. The quantitative estimate of drug-likeness (QED) is 0.717. The molecular formula is C17H16FN5S. The van der Waals surface area contributed by atoms with Gasteiger partial charge in [-0.2, -0.15) is 8.75 Å². The van der Waals surface area contributed by atoms with Gasteiger partial charge in [0.2, 0.25) is 0 Å². The third kappa shape index (κ3) is 2.07. The van der Waals surface area contributed by atoms with E-state index < -0.39 is 0 Å². The number of hydrogen-bond donors (Lipinski definition) is 0.